The van der Waals surface area contributed by atoms with E-state index in [2.05, 4.69) is 5.32 Å². The van der Waals surface area contributed by atoms with Crippen LogP contribution in [0.5, 0.6) is 5.75 Å². The number of hydrogen-bond acceptors (Lipinski definition) is 2. The molecule has 1 aromatic rings. The van der Waals surface area contributed by atoms with Gasteiger partial charge in [0.1, 0.15) is 5.75 Å². The second kappa shape index (κ2) is 5.54. The molecular weight excluding hydrogens is 202 g/mol. The van der Waals surface area contributed by atoms with Gasteiger partial charge in [-0.05, 0) is 39.3 Å². The van der Waals surface area contributed by atoms with Crippen molar-refractivity contribution < 1.29 is 9.53 Å². The van der Waals surface area contributed by atoms with Crippen molar-refractivity contribution in [3.8, 4) is 5.75 Å². The summed E-state index contributed by atoms with van der Waals surface area (Å²) in [7, 11) is 0. The highest BCUT2D eigenvalue weighted by molar-refractivity contribution is 5.80. The molecule has 0 heterocycles. The molecule has 1 N–H and O–H groups in total. The molecule has 0 spiro atoms. The van der Waals surface area contributed by atoms with E-state index >= 15 is 0 Å². The number of benzene rings is 1. The van der Waals surface area contributed by atoms with Crippen LogP contribution >= 0.6 is 0 Å². The molecule has 0 aliphatic rings. The van der Waals surface area contributed by atoms with Crippen LogP contribution in [0.25, 0.3) is 0 Å². The molecule has 0 aliphatic heterocycles. The highest BCUT2D eigenvalue weighted by Gasteiger charge is 2.15. The van der Waals surface area contributed by atoms with Gasteiger partial charge < -0.3 is 10.1 Å². The Morgan fingerprint density at radius 2 is 1.88 bits per heavy atom. The third kappa shape index (κ3) is 3.57. The molecule has 0 bridgehead atoms. The average Bonchev–Trinajstić information content (AvgIpc) is 2.20. The van der Waals surface area contributed by atoms with Gasteiger partial charge in [-0.1, -0.05) is 18.2 Å². The fourth-order valence-electron chi connectivity index (χ4n) is 1.33. The van der Waals surface area contributed by atoms with Crippen molar-refractivity contribution in [3.63, 3.8) is 0 Å². The number of para-hydroxylation sites is 1. The number of rotatable bonds is 4. The summed E-state index contributed by atoms with van der Waals surface area (Å²) >= 11 is 0. The second-order valence-corrected chi connectivity index (χ2v) is 4.19. The molecule has 0 radical (unpaired) electrons. The van der Waals surface area contributed by atoms with E-state index in [0.29, 0.717) is 0 Å². The maximum absolute atomic E-state index is 11.6. The molecule has 0 fully saturated rings. The van der Waals surface area contributed by atoms with Gasteiger partial charge in [0, 0.05) is 6.04 Å². The Labute approximate surface area is 96.8 Å². The first-order valence-electron chi connectivity index (χ1n) is 5.53. The van der Waals surface area contributed by atoms with E-state index in [1.54, 1.807) is 6.92 Å². The molecule has 88 valence electrons. The van der Waals surface area contributed by atoms with E-state index in [-0.39, 0.29) is 11.9 Å². The van der Waals surface area contributed by atoms with Crippen LogP contribution in [-0.4, -0.2) is 18.1 Å². The number of amides is 1. The second-order valence-electron chi connectivity index (χ2n) is 4.19. The molecule has 3 nitrogen and oxygen atoms in total. The summed E-state index contributed by atoms with van der Waals surface area (Å²) in [6.45, 7) is 7.57. The highest BCUT2D eigenvalue weighted by atomic mass is 16.5. The van der Waals surface area contributed by atoms with E-state index in [1.807, 2.05) is 45.0 Å². The molecule has 1 aromatic carbocycles. The standard InChI is InChI=1S/C13H19NO2/c1-9(2)14-13(15)11(4)16-12-8-6-5-7-10(12)3/h5-9,11H,1-4H3,(H,14,15)/t11-/m1/s1. The Morgan fingerprint density at radius 1 is 1.25 bits per heavy atom. The van der Waals surface area contributed by atoms with Gasteiger partial charge in [0.2, 0.25) is 0 Å². The molecule has 16 heavy (non-hydrogen) atoms. The largest absolute Gasteiger partial charge is 0.481 e. The minimum absolute atomic E-state index is 0.0850. The van der Waals surface area contributed by atoms with Crippen molar-refractivity contribution in [1.82, 2.24) is 5.32 Å². The Bertz CT molecular complexity index is 361. The zero-order valence-corrected chi connectivity index (χ0v) is 10.3. The van der Waals surface area contributed by atoms with Crippen molar-refractivity contribution in [1.29, 1.82) is 0 Å². The van der Waals surface area contributed by atoms with Crippen LogP contribution < -0.4 is 10.1 Å². The van der Waals surface area contributed by atoms with Crippen LogP contribution in [0.4, 0.5) is 0 Å². The van der Waals surface area contributed by atoms with Crippen LogP contribution in [0, 0.1) is 6.92 Å². The van der Waals surface area contributed by atoms with Crippen LogP contribution in [0.1, 0.15) is 26.3 Å². The van der Waals surface area contributed by atoms with Gasteiger partial charge in [0.05, 0.1) is 0 Å². The lowest BCUT2D eigenvalue weighted by Crippen LogP contribution is -2.40. The molecule has 1 amide bonds. The van der Waals surface area contributed by atoms with E-state index in [9.17, 15) is 4.79 Å². The minimum atomic E-state index is -0.469. The maximum Gasteiger partial charge on any atom is 0.260 e. The lowest BCUT2D eigenvalue weighted by Gasteiger charge is -2.17. The number of carbonyl (C=O) groups is 1. The topological polar surface area (TPSA) is 38.3 Å². The molecule has 3 heteroatoms. The van der Waals surface area contributed by atoms with Gasteiger partial charge in [-0.25, -0.2) is 0 Å². The summed E-state index contributed by atoms with van der Waals surface area (Å²) in [6, 6.07) is 7.81. The third-order valence-electron chi connectivity index (χ3n) is 2.20. The van der Waals surface area contributed by atoms with E-state index in [4.69, 9.17) is 4.74 Å². The lowest BCUT2D eigenvalue weighted by atomic mass is 10.2. The smallest absolute Gasteiger partial charge is 0.260 e. The van der Waals surface area contributed by atoms with Crippen molar-refractivity contribution in [2.45, 2.75) is 39.8 Å². The number of hydrogen-bond donors (Lipinski definition) is 1. The molecular formula is C13H19NO2. The predicted molar refractivity (Wildman–Crippen MR) is 64.5 cm³/mol. The van der Waals surface area contributed by atoms with E-state index in [1.165, 1.54) is 0 Å². The Balaban J connectivity index is 2.61. The van der Waals surface area contributed by atoms with Crippen molar-refractivity contribution >= 4 is 5.91 Å². The summed E-state index contributed by atoms with van der Waals surface area (Å²) in [5.41, 5.74) is 1.03. The quantitative estimate of drug-likeness (QED) is 0.847. The Kier molecular flexibility index (Phi) is 4.35. The summed E-state index contributed by atoms with van der Waals surface area (Å²) in [4.78, 5) is 11.6. The van der Waals surface area contributed by atoms with Gasteiger partial charge in [-0.3, -0.25) is 4.79 Å². The summed E-state index contributed by atoms with van der Waals surface area (Å²) in [6.07, 6.45) is -0.469. The first-order valence-corrected chi connectivity index (χ1v) is 5.53. The first-order chi connectivity index (χ1) is 7.50. The molecule has 0 aliphatic carbocycles. The number of carbonyl (C=O) groups excluding carboxylic acids is 1. The molecule has 0 saturated carbocycles. The minimum Gasteiger partial charge on any atom is -0.481 e. The maximum atomic E-state index is 11.6. The fraction of sp³-hybridized carbons (Fsp3) is 0.462. The highest BCUT2D eigenvalue weighted by Crippen LogP contribution is 2.17. The summed E-state index contributed by atoms with van der Waals surface area (Å²) in [5, 5.41) is 2.82. The molecule has 1 atom stereocenters. The number of ether oxygens (including phenoxy) is 1. The lowest BCUT2D eigenvalue weighted by molar-refractivity contribution is -0.127. The van der Waals surface area contributed by atoms with E-state index < -0.39 is 6.10 Å². The fourth-order valence-corrected chi connectivity index (χ4v) is 1.33. The SMILES string of the molecule is Cc1ccccc1O[C@H](C)C(=O)NC(C)C. The van der Waals surface area contributed by atoms with Crippen molar-refractivity contribution in [2.75, 3.05) is 0 Å². The normalized spacial score (nSPS) is 12.3. The third-order valence-corrected chi connectivity index (χ3v) is 2.20. The van der Waals surface area contributed by atoms with Gasteiger partial charge in [0.25, 0.3) is 5.91 Å². The van der Waals surface area contributed by atoms with Gasteiger partial charge >= 0.3 is 0 Å². The average molecular weight is 221 g/mol. The molecule has 0 unspecified atom stereocenters. The zero-order chi connectivity index (χ0) is 12.1. The van der Waals surface area contributed by atoms with Gasteiger partial charge in [0.15, 0.2) is 6.10 Å². The van der Waals surface area contributed by atoms with Crippen LogP contribution in [-0.2, 0) is 4.79 Å². The number of aryl methyl sites for hydroxylation is 1. The van der Waals surface area contributed by atoms with Gasteiger partial charge in [-0.2, -0.15) is 0 Å². The summed E-state index contributed by atoms with van der Waals surface area (Å²) < 4.78 is 5.60. The Morgan fingerprint density at radius 3 is 2.44 bits per heavy atom. The molecule has 0 aromatic heterocycles. The van der Waals surface area contributed by atoms with Crippen LogP contribution in [0.15, 0.2) is 24.3 Å². The monoisotopic (exact) mass is 221 g/mol. The van der Waals surface area contributed by atoms with Gasteiger partial charge in [-0.15, -0.1) is 0 Å². The van der Waals surface area contributed by atoms with Crippen molar-refractivity contribution in [2.24, 2.45) is 0 Å². The first kappa shape index (κ1) is 12.6. The van der Waals surface area contributed by atoms with Crippen LogP contribution in [0.3, 0.4) is 0 Å². The summed E-state index contributed by atoms with van der Waals surface area (Å²) in [5.74, 6) is 0.673. The Hall–Kier alpha value is -1.51. The molecule has 0 saturated heterocycles. The number of nitrogens with one attached hydrogen (secondary N) is 1. The zero-order valence-electron chi connectivity index (χ0n) is 10.3. The predicted octanol–water partition coefficient (Wildman–Crippen LogP) is 2.29. The van der Waals surface area contributed by atoms with Crippen molar-refractivity contribution in [3.05, 3.63) is 29.8 Å². The van der Waals surface area contributed by atoms with E-state index in [0.717, 1.165) is 11.3 Å². The van der Waals surface area contributed by atoms with Crippen LogP contribution in [0.2, 0.25) is 0 Å². The molecule has 1 rings (SSSR count).